The Labute approximate surface area is 167 Å². The molecule has 1 aliphatic rings. The lowest BCUT2D eigenvalue weighted by Crippen LogP contribution is -2.48. The number of methoxy groups -OCH3 is 1. The maximum Gasteiger partial charge on any atom is 0.255 e. The predicted molar refractivity (Wildman–Crippen MR) is 105 cm³/mol. The molecule has 2 amide bonds. The van der Waals surface area contributed by atoms with Crippen molar-refractivity contribution in [3.63, 3.8) is 0 Å². The van der Waals surface area contributed by atoms with Crippen molar-refractivity contribution in [2.24, 2.45) is 5.73 Å². The van der Waals surface area contributed by atoms with Gasteiger partial charge in [0.1, 0.15) is 5.82 Å². The molecule has 1 unspecified atom stereocenters. The fourth-order valence-electron chi connectivity index (χ4n) is 3.40. The van der Waals surface area contributed by atoms with E-state index in [1.165, 1.54) is 42.1 Å². The molecule has 1 saturated heterocycles. The van der Waals surface area contributed by atoms with Gasteiger partial charge >= 0.3 is 0 Å². The molecule has 1 fully saturated rings. The molecule has 0 spiro atoms. The fraction of sp³-hybridized carbons (Fsp3) is 0.300. The summed E-state index contributed by atoms with van der Waals surface area (Å²) in [5, 5.41) is 2.50. The standard InChI is InChI=1S/C20H22FN4O4/c1-29-12-14-6-8-17(20(22)28)25(14)11-18(26)23-16-7-5-13(10-15(16)21)24-9-3-2-4-19(24)27/h2-5,7-10,14,17H,6,11-12H2,1H3,(H2,22,28)(H,23,26)/t14-,17?/m0/s1. The molecule has 153 valence electrons. The lowest BCUT2D eigenvalue weighted by atomic mass is 10.2. The van der Waals surface area contributed by atoms with Crippen LogP contribution in [0.25, 0.3) is 5.69 Å². The van der Waals surface area contributed by atoms with Crippen molar-refractivity contribution in [3.05, 3.63) is 65.2 Å². The molecule has 9 heteroatoms. The number of hydrogen-bond acceptors (Lipinski definition) is 5. The molecular weight excluding hydrogens is 379 g/mol. The first-order valence-electron chi connectivity index (χ1n) is 9.05. The zero-order valence-corrected chi connectivity index (χ0v) is 15.9. The zero-order valence-electron chi connectivity index (χ0n) is 15.9. The van der Waals surface area contributed by atoms with Gasteiger partial charge in [-0.25, -0.2) is 4.39 Å². The van der Waals surface area contributed by atoms with Crippen LogP contribution >= 0.6 is 0 Å². The highest BCUT2D eigenvalue weighted by atomic mass is 19.1. The number of hydrogen-bond donors (Lipinski definition) is 2. The SMILES string of the molecule is COC[C@@H]1C[CH]C(C(N)=O)N1CC(=O)Nc1ccc(-n2ccccc2=O)cc1F. The number of likely N-dealkylation sites (tertiary alicyclic amines) is 1. The minimum Gasteiger partial charge on any atom is -0.383 e. The van der Waals surface area contributed by atoms with E-state index in [4.69, 9.17) is 10.5 Å². The Balaban J connectivity index is 1.72. The second-order valence-electron chi connectivity index (χ2n) is 6.72. The molecule has 8 nitrogen and oxygen atoms in total. The summed E-state index contributed by atoms with van der Waals surface area (Å²) in [6, 6.07) is 7.86. The number of primary amides is 1. The molecule has 3 N–H and O–H groups in total. The second kappa shape index (κ2) is 8.97. The molecule has 1 radical (unpaired) electrons. The third-order valence-electron chi connectivity index (χ3n) is 4.76. The first-order valence-corrected chi connectivity index (χ1v) is 9.05. The molecule has 1 aromatic carbocycles. The van der Waals surface area contributed by atoms with Crippen molar-refractivity contribution in [1.82, 2.24) is 9.47 Å². The first kappa shape index (κ1) is 20.7. The normalized spacial score (nSPS) is 19.2. The van der Waals surface area contributed by atoms with E-state index in [1.54, 1.807) is 23.5 Å². The van der Waals surface area contributed by atoms with Crippen molar-refractivity contribution < 1.29 is 18.7 Å². The van der Waals surface area contributed by atoms with E-state index in [0.717, 1.165) is 0 Å². The van der Waals surface area contributed by atoms with Crippen molar-refractivity contribution in [3.8, 4) is 5.69 Å². The quantitative estimate of drug-likeness (QED) is 0.710. The van der Waals surface area contributed by atoms with Crippen LogP contribution in [0, 0.1) is 12.2 Å². The Hall–Kier alpha value is -3.04. The Morgan fingerprint density at radius 3 is 2.76 bits per heavy atom. The summed E-state index contributed by atoms with van der Waals surface area (Å²) in [6.07, 6.45) is 3.83. The summed E-state index contributed by atoms with van der Waals surface area (Å²) in [6.45, 7) is 0.194. The number of carbonyl (C=O) groups is 2. The van der Waals surface area contributed by atoms with Gasteiger partial charge in [0.05, 0.1) is 30.6 Å². The van der Waals surface area contributed by atoms with Crippen LogP contribution in [0.2, 0.25) is 0 Å². The topological polar surface area (TPSA) is 107 Å². The highest BCUT2D eigenvalue weighted by Gasteiger charge is 2.38. The van der Waals surface area contributed by atoms with Crippen LogP contribution in [0.5, 0.6) is 0 Å². The molecule has 1 aromatic heterocycles. The van der Waals surface area contributed by atoms with Crippen molar-refractivity contribution >= 4 is 17.5 Å². The van der Waals surface area contributed by atoms with E-state index in [2.05, 4.69) is 5.32 Å². The summed E-state index contributed by atoms with van der Waals surface area (Å²) in [5.74, 6) is -1.73. The number of pyridine rings is 1. The Bertz CT molecular complexity index is 961. The van der Waals surface area contributed by atoms with E-state index in [1.807, 2.05) is 0 Å². The summed E-state index contributed by atoms with van der Waals surface area (Å²) in [5.41, 5.74) is 5.43. The molecule has 3 rings (SSSR count). The number of nitrogens with one attached hydrogen (secondary N) is 1. The zero-order chi connectivity index (χ0) is 21.0. The summed E-state index contributed by atoms with van der Waals surface area (Å²) >= 11 is 0. The van der Waals surface area contributed by atoms with Gasteiger partial charge in [-0.2, -0.15) is 0 Å². The molecule has 0 bridgehead atoms. The predicted octanol–water partition coefficient (Wildman–Crippen LogP) is 0.694. The van der Waals surface area contributed by atoms with Gasteiger partial charge in [0.15, 0.2) is 0 Å². The van der Waals surface area contributed by atoms with E-state index in [9.17, 15) is 18.8 Å². The van der Waals surface area contributed by atoms with Crippen LogP contribution in [0.15, 0.2) is 47.4 Å². The Kier molecular flexibility index (Phi) is 6.40. The highest BCUT2D eigenvalue weighted by Crippen LogP contribution is 2.24. The van der Waals surface area contributed by atoms with Crippen LogP contribution < -0.4 is 16.6 Å². The summed E-state index contributed by atoms with van der Waals surface area (Å²) < 4.78 is 20.9. The van der Waals surface area contributed by atoms with Gasteiger partial charge in [-0.05, 0) is 31.0 Å². The van der Waals surface area contributed by atoms with Gasteiger partial charge in [0.25, 0.3) is 5.56 Å². The number of benzene rings is 1. The Morgan fingerprint density at radius 2 is 2.10 bits per heavy atom. The third kappa shape index (κ3) is 4.69. The third-order valence-corrected chi connectivity index (χ3v) is 4.76. The number of nitrogens with two attached hydrogens (primary N) is 1. The lowest BCUT2D eigenvalue weighted by Gasteiger charge is -2.27. The van der Waals surface area contributed by atoms with Crippen LogP contribution in [0.3, 0.4) is 0 Å². The molecule has 2 atom stereocenters. The van der Waals surface area contributed by atoms with E-state index < -0.39 is 23.7 Å². The van der Waals surface area contributed by atoms with Crippen molar-refractivity contribution in [2.45, 2.75) is 18.5 Å². The number of nitrogens with zero attached hydrogens (tertiary/aromatic N) is 2. The number of rotatable bonds is 7. The number of anilines is 1. The van der Waals surface area contributed by atoms with Crippen LogP contribution in [-0.4, -0.2) is 53.6 Å². The molecule has 2 heterocycles. The first-order chi connectivity index (χ1) is 13.9. The van der Waals surface area contributed by atoms with Gasteiger partial charge < -0.3 is 15.8 Å². The van der Waals surface area contributed by atoms with Crippen LogP contribution in [-0.2, 0) is 14.3 Å². The fourth-order valence-corrected chi connectivity index (χ4v) is 3.40. The van der Waals surface area contributed by atoms with Crippen molar-refractivity contribution in [2.75, 3.05) is 25.6 Å². The van der Waals surface area contributed by atoms with E-state index in [-0.39, 0.29) is 23.8 Å². The van der Waals surface area contributed by atoms with Crippen LogP contribution in [0.1, 0.15) is 6.42 Å². The van der Waals surface area contributed by atoms with Gasteiger partial charge in [-0.3, -0.25) is 23.9 Å². The number of halogens is 1. The van der Waals surface area contributed by atoms with Gasteiger partial charge in [0.2, 0.25) is 11.8 Å². The number of ether oxygens (including phenoxy) is 1. The molecule has 0 aliphatic carbocycles. The van der Waals surface area contributed by atoms with Crippen LogP contribution in [0.4, 0.5) is 10.1 Å². The number of amides is 2. The van der Waals surface area contributed by atoms with Gasteiger partial charge in [0, 0.05) is 31.5 Å². The van der Waals surface area contributed by atoms with Gasteiger partial charge in [-0.15, -0.1) is 0 Å². The number of aromatic nitrogens is 1. The maximum atomic E-state index is 14.5. The highest BCUT2D eigenvalue weighted by molar-refractivity contribution is 5.93. The summed E-state index contributed by atoms with van der Waals surface area (Å²) in [7, 11) is 1.53. The minimum atomic E-state index is -0.682. The minimum absolute atomic E-state index is 0.0233. The smallest absolute Gasteiger partial charge is 0.255 e. The average molecular weight is 401 g/mol. The molecule has 2 aromatic rings. The molecule has 0 saturated carbocycles. The molecule has 1 aliphatic heterocycles. The monoisotopic (exact) mass is 401 g/mol. The van der Waals surface area contributed by atoms with E-state index >= 15 is 0 Å². The summed E-state index contributed by atoms with van der Waals surface area (Å²) in [4.78, 5) is 37.6. The lowest BCUT2D eigenvalue weighted by molar-refractivity contribution is -0.124. The second-order valence-corrected chi connectivity index (χ2v) is 6.72. The maximum absolute atomic E-state index is 14.5. The van der Waals surface area contributed by atoms with E-state index in [0.29, 0.717) is 18.7 Å². The van der Waals surface area contributed by atoms with Gasteiger partial charge in [-0.1, -0.05) is 6.07 Å². The molecule has 29 heavy (non-hydrogen) atoms. The Morgan fingerprint density at radius 1 is 1.31 bits per heavy atom. The average Bonchev–Trinajstić information content (AvgIpc) is 3.07. The van der Waals surface area contributed by atoms with Crippen molar-refractivity contribution in [1.29, 1.82) is 0 Å². The largest absolute Gasteiger partial charge is 0.383 e. The molecular formula is C20H22FN4O4. The number of carbonyl (C=O) groups excluding carboxylic acids is 2.